The summed E-state index contributed by atoms with van der Waals surface area (Å²) in [5.74, 6) is -0.0248. The summed E-state index contributed by atoms with van der Waals surface area (Å²) in [6.45, 7) is 2.96. The minimum atomic E-state index is -1.09. The molecule has 1 unspecified atom stereocenters. The fourth-order valence-electron chi connectivity index (χ4n) is 4.59. The summed E-state index contributed by atoms with van der Waals surface area (Å²) in [4.78, 5) is 15.2. The minimum absolute atomic E-state index is 0.124. The molecular weight excluding hydrogens is 483 g/mol. The van der Waals surface area contributed by atoms with E-state index in [4.69, 9.17) is 21.1 Å². The molecule has 0 saturated carbocycles. The zero-order valence-electron chi connectivity index (χ0n) is 19.8. The number of aliphatic hydroxyl groups is 1. The maximum Gasteiger partial charge on any atom is 0.134 e. The van der Waals surface area contributed by atoms with E-state index in [9.17, 15) is 5.11 Å². The predicted molar refractivity (Wildman–Crippen MR) is 139 cm³/mol. The average Bonchev–Trinajstić information content (AvgIpc) is 2.88. The zero-order chi connectivity index (χ0) is 25.1. The molecule has 2 aliphatic rings. The first-order valence-electron chi connectivity index (χ1n) is 11.8. The van der Waals surface area contributed by atoms with E-state index in [1.165, 1.54) is 19.5 Å². The van der Waals surface area contributed by atoms with Gasteiger partial charge in [0.25, 0.3) is 0 Å². The van der Waals surface area contributed by atoms with Crippen LogP contribution in [0.2, 0.25) is 5.02 Å². The number of methoxy groups -OCH3 is 1. The molecule has 1 saturated heterocycles. The van der Waals surface area contributed by atoms with E-state index in [0.717, 1.165) is 18.8 Å². The Morgan fingerprint density at radius 1 is 1.17 bits per heavy atom. The number of rotatable bonds is 5. The van der Waals surface area contributed by atoms with Crippen molar-refractivity contribution in [1.29, 1.82) is 0 Å². The standard InChI is InChI=1S/C27H26ClFN4O3/c1-35-25-6-8-30-7-2-3-19(25)27(34)20-14-21(23(29)15-22(20)28)26-18-5-4-17(13-24(18)31-16-32-26)33-9-11-36-12-10-33/h4-8,13-16,27,34H,2-3,9-12H2,1H3. The van der Waals surface area contributed by atoms with Crippen LogP contribution in [0.4, 0.5) is 10.1 Å². The summed E-state index contributed by atoms with van der Waals surface area (Å²) in [5, 5.41) is 12.2. The van der Waals surface area contributed by atoms with Gasteiger partial charge in [0, 0.05) is 58.3 Å². The maximum atomic E-state index is 15.3. The molecule has 0 radical (unpaired) electrons. The van der Waals surface area contributed by atoms with Crippen molar-refractivity contribution >= 4 is 34.4 Å². The Morgan fingerprint density at radius 2 is 2.00 bits per heavy atom. The van der Waals surface area contributed by atoms with Gasteiger partial charge >= 0.3 is 0 Å². The molecule has 3 aromatic rings. The second kappa shape index (κ2) is 10.7. The summed E-state index contributed by atoms with van der Waals surface area (Å²) < 4.78 is 26.2. The van der Waals surface area contributed by atoms with E-state index in [-0.39, 0.29) is 10.6 Å². The molecule has 2 aliphatic heterocycles. The fraction of sp³-hybridized carbons (Fsp3) is 0.296. The SMILES string of the molecule is COC1=C(C(O)c2cc(-c3ncnc4cc(N5CCOCC5)ccc34)c(F)cc2Cl)CCC=NC=C1. The second-order valence-corrected chi connectivity index (χ2v) is 8.97. The van der Waals surface area contributed by atoms with Gasteiger partial charge < -0.3 is 19.5 Å². The molecule has 36 heavy (non-hydrogen) atoms. The van der Waals surface area contributed by atoms with Crippen LogP contribution in [0.1, 0.15) is 24.5 Å². The Kier molecular flexibility index (Phi) is 7.27. The topological polar surface area (TPSA) is 80.1 Å². The summed E-state index contributed by atoms with van der Waals surface area (Å²) in [6.07, 6.45) is 6.54. The molecule has 0 aliphatic carbocycles. The number of aliphatic imine (C=N–C) groups is 1. The first kappa shape index (κ1) is 24.4. The van der Waals surface area contributed by atoms with Crippen LogP contribution >= 0.6 is 11.6 Å². The van der Waals surface area contributed by atoms with Gasteiger partial charge in [-0.05, 0) is 49.2 Å². The van der Waals surface area contributed by atoms with Crippen molar-refractivity contribution in [3.05, 3.63) is 76.7 Å². The van der Waals surface area contributed by atoms with E-state index >= 15 is 4.39 Å². The lowest BCUT2D eigenvalue weighted by molar-refractivity contribution is 0.122. The number of morpholine rings is 1. The van der Waals surface area contributed by atoms with Gasteiger partial charge in [0.15, 0.2) is 0 Å². The monoisotopic (exact) mass is 508 g/mol. The summed E-state index contributed by atoms with van der Waals surface area (Å²) in [7, 11) is 1.54. The van der Waals surface area contributed by atoms with Crippen molar-refractivity contribution in [3.8, 4) is 11.3 Å². The fourth-order valence-corrected chi connectivity index (χ4v) is 4.84. The third-order valence-electron chi connectivity index (χ3n) is 6.46. The molecule has 1 fully saturated rings. The molecule has 1 atom stereocenters. The Hall–Kier alpha value is -3.33. The van der Waals surface area contributed by atoms with Crippen LogP contribution in [-0.2, 0) is 9.47 Å². The van der Waals surface area contributed by atoms with Crippen molar-refractivity contribution in [2.75, 3.05) is 38.3 Å². The number of allylic oxidation sites excluding steroid dienone is 1. The van der Waals surface area contributed by atoms with Crippen LogP contribution in [0, 0.1) is 5.82 Å². The molecule has 1 N–H and O–H groups in total. The second-order valence-electron chi connectivity index (χ2n) is 8.56. The number of aromatic nitrogens is 2. The smallest absolute Gasteiger partial charge is 0.134 e. The quantitative estimate of drug-likeness (QED) is 0.508. The number of hydrogen-bond donors (Lipinski definition) is 1. The van der Waals surface area contributed by atoms with E-state index < -0.39 is 11.9 Å². The number of anilines is 1. The third-order valence-corrected chi connectivity index (χ3v) is 6.79. The largest absolute Gasteiger partial charge is 0.497 e. The van der Waals surface area contributed by atoms with Crippen LogP contribution in [0.25, 0.3) is 22.2 Å². The molecule has 186 valence electrons. The van der Waals surface area contributed by atoms with Crippen molar-refractivity contribution in [1.82, 2.24) is 9.97 Å². The molecule has 9 heteroatoms. The number of fused-ring (bicyclic) bond motifs is 1. The van der Waals surface area contributed by atoms with Gasteiger partial charge in [0.1, 0.15) is 24.0 Å². The Balaban J connectivity index is 1.57. The lowest BCUT2D eigenvalue weighted by atomic mass is 9.93. The van der Waals surface area contributed by atoms with Crippen molar-refractivity contribution in [3.63, 3.8) is 0 Å². The average molecular weight is 509 g/mol. The zero-order valence-corrected chi connectivity index (χ0v) is 20.6. The number of benzene rings is 2. The number of hydrogen-bond acceptors (Lipinski definition) is 7. The normalized spacial score (nSPS) is 17.3. The van der Waals surface area contributed by atoms with Crippen LogP contribution < -0.4 is 4.90 Å². The molecule has 3 heterocycles. The van der Waals surface area contributed by atoms with Gasteiger partial charge in [-0.1, -0.05) is 11.6 Å². The van der Waals surface area contributed by atoms with Crippen LogP contribution in [0.15, 0.2) is 65.3 Å². The van der Waals surface area contributed by atoms with Gasteiger partial charge in [-0.25, -0.2) is 14.4 Å². The lowest BCUT2D eigenvalue weighted by Gasteiger charge is -2.29. The molecule has 7 nitrogen and oxygen atoms in total. The molecule has 2 aromatic carbocycles. The highest BCUT2D eigenvalue weighted by molar-refractivity contribution is 6.31. The minimum Gasteiger partial charge on any atom is -0.497 e. The van der Waals surface area contributed by atoms with E-state index in [1.807, 2.05) is 18.2 Å². The summed E-state index contributed by atoms with van der Waals surface area (Å²) in [6, 6.07) is 8.66. The summed E-state index contributed by atoms with van der Waals surface area (Å²) in [5.41, 5.74) is 3.42. The summed E-state index contributed by atoms with van der Waals surface area (Å²) >= 11 is 6.44. The Morgan fingerprint density at radius 3 is 2.81 bits per heavy atom. The Labute approximate surface area is 213 Å². The molecule has 0 spiro atoms. The van der Waals surface area contributed by atoms with Crippen LogP contribution in [0.3, 0.4) is 0 Å². The first-order valence-corrected chi connectivity index (χ1v) is 12.1. The Bertz CT molecular complexity index is 1370. The van der Waals surface area contributed by atoms with E-state index in [0.29, 0.717) is 59.5 Å². The van der Waals surface area contributed by atoms with E-state index in [2.05, 4.69) is 19.9 Å². The first-order chi connectivity index (χ1) is 17.6. The molecule has 1 aromatic heterocycles. The van der Waals surface area contributed by atoms with Crippen LogP contribution in [0.5, 0.6) is 0 Å². The van der Waals surface area contributed by atoms with Gasteiger partial charge in [-0.15, -0.1) is 0 Å². The van der Waals surface area contributed by atoms with Gasteiger partial charge in [-0.2, -0.15) is 0 Å². The molecular formula is C27H26ClFN4O3. The van der Waals surface area contributed by atoms with E-state index in [1.54, 1.807) is 24.6 Å². The third kappa shape index (κ3) is 4.84. The predicted octanol–water partition coefficient (Wildman–Crippen LogP) is 5.24. The number of halogens is 2. The van der Waals surface area contributed by atoms with Gasteiger partial charge in [0.2, 0.25) is 0 Å². The maximum absolute atomic E-state index is 15.3. The molecule has 5 rings (SSSR count). The number of ether oxygens (including phenoxy) is 2. The lowest BCUT2D eigenvalue weighted by Crippen LogP contribution is -2.36. The van der Waals surface area contributed by atoms with Crippen LogP contribution in [-0.4, -0.2) is 54.7 Å². The highest BCUT2D eigenvalue weighted by Crippen LogP contribution is 2.38. The van der Waals surface area contributed by atoms with Gasteiger partial charge in [0.05, 0.1) is 31.5 Å². The highest BCUT2D eigenvalue weighted by atomic mass is 35.5. The van der Waals surface area contributed by atoms with Gasteiger partial charge in [-0.3, -0.25) is 4.99 Å². The van der Waals surface area contributed by atoms with Crippen molar-refractivity contribution in [2.24, 2.45) is 4.99 Å². The number of nitrogens with zero attached hydrogens (tertiary/aromatic N) is 4. The number of aliphatic hydroxyl groups excluding tert-OH is 1. The molecule has 0 bridgehead atoms. The molecule has 0 amide bonds. The highest BCUT2D eigenvalue weighted by Gasteiger charge is 2.24. The van der Waals surface area contributed by atoms with Crippen molar-refractivity contribution in [2.45, 2.75) is 18.9 Å². The van der Waals surface area contributed by atoms with Crippen molar-refractivity contribution < 1.29 is 19.0 Å².